The topological polar surface area (TPSA) is 22.0 Å². The van der Waals surface area contributed by atoms with Gasteiger partial charge in [0.05, 0.1) is 5.52 Å². The number of aromatic nitrogens is 1. The molecule has 3 aromatic rings. The maximum atomic E-state index is 12.7. The summed E-state index contributed by atoms with van der Waals surface area (Å²) in [7, 11) is 1.85. The lowest BCUT2D eigenvalue weighted by Gasteiger charge is -2.12. The largest absolute Gasteiger partial charge is 0.311 e. The van der Waals surface area contributed by atoms with E-state index in [0.29, 0.717) is 0 Å². The fourth-order valence-electron chi connectivity index (χ4n) is 2.86. The van der Waals surface area contributed by atoms with Crippen molar-refractivity contribution in [3.8, 4) is 11.1 Å². The van der Waals surface area contributed by atoms with Crippen LogP contribution in [-0.4, -0.2) is 4.57 Å². The first-order valence-electron chi connectivity index (χ1n) is 7.15. The predicted octanol–water partition coefficient (Wildman–Crippen LogP) is 4.13. The van der Waals surface area contributed by atoms with E-state index in [2.05, 4.69) is 32.9 Å². The van der Waals surface area contributed by atoms with E-state index in [4.69, 9.17) is 0 Å². The van der Waals surface area contributed by atoms with Crippen LogP contribution in [0.3, 0.4) is 0 Å². The van der Waals surface area contributed by atoms with E-state index in [1.165, 1.54) is 16.7 Å². The smallest absolute Gasteiger partial charge is 0.258 e. The first-order valence-corrected chi connectivity index (χ1v) is 7.15. The Morgan fingerprint density at radius 3 is 2.19 bits per heavy atom. The number of nitrogens with zero attached hydrogens (tertiary/aromatic N) is 1. The van der Waals surface area contributed by atoms with Crippen molar-refractivity contribution in [3.63, 3.8) is 0 Å². The van der Waals surface area contributed by atoms with Crippen molar-refractivity contribution < 1.29 is 0 Å². The zero-order valence-corrected chi connectivity index (χ0v) is 12.9. The van der Waals surface area contributed by atoms with Crippen molar-refractivity contribution in [2.75, 3.05) is 0 Å². The molecule has 2 aromatic carbocycles. The molecule has 3 rings (SSSR count). The maximum absolute atomic E-state index is 12.7. The number of hydrogen-bond acceptors (Lipinski definition) is 1. The van der Waals surface area contributed by atoms with Crippen LogP contribution >= 0.6 is 0 Å². The molecule has 0 radical (unpaired) electrons. The van der Waals surface area contributed by atoms with E-state index in [0.717, 1.165) is 22.0 Å². The van der Waals surface area contributed by atoms with Gasteiger partial charge in [0.15, 0.2) is 0 Å². The van der Waals surface area contributed by atoms with E-state index < -0.39 is 0 Å². The van der Waals surface area contributed by atoms with Crippen LogP contribution in [0.2, 0.25) is 0 Å². The molecule has 1 aromatic heterocycles. The van der Waals surface area contributed by atoms with Crippen molar-refractivity contribution in [2.45, 2.75) is 20.8 Å². The van der Waals surface area contributed by atoms with E-state index in [9.17, 15) is 4.79 Å². The second-order valence-corrected chi connectivity index (χ2v) is 5.80. The fraction of sp³-hybridized carbons (Fsp3) is 0.211. The lowest BCUT2D eigenvalue weighted by molar-refractivity contribution is 0.907. The summed E-state index contributed by atoms with van der Waals surface area (Å²) in [6.45, 7) is 6.21. The Hall–Kier alpha value is -2.35. The van der Waals surface area contributed by atoms with Crippen molar-refractivity contribution in [2.24, 2.45) is 7.05 Å². The third-order valence-electron chi connectivity index (χ3n) is 4.06. The highest BCUT2D eigenvalue weighted by atomic mass is 16.1. The van der Waals surface area contributed by atoms with E-state index in [1.54, 1.807) is 4.57 Å². The van der Waals surface area contributed by atoms with Crippen LogP contribution in [0.15, 0.2) is 47.3 Å². The molecular formula is C19H19NO. The standard InChI is InChI=1S/C19H19NO/c1-12-5-7-15(8-6-12)17-11-16-14(3)9-13(2)10-18(16)20(4)19(17)21/h5-11H,1-4H3. The summed E-state index contributed by atoms with van der Waals surface area (Å²) in [5.41, 5.74) is 6.36. The molecule has 21 heavy (non-hydrogen) atoms. The minimum Gasteiger partial charge on any atom is -0.311 e. The molecule has 0 spiro atoms. The average Bonchev–Trinajstić information content (AvgIpc) is 2.44. The molecule has 0 aliphatic rings. The van der Waals surface area contributed by atoms with Gasteiger partial charge in [-0.25, -0.2) is 0 Å². The molecule has 2 nitrogen and oxygen atoms in total. The van der Waals surface area contributed by atoms with Crippen LogP contribution in [0.1, 0.15) is 16.7 Å². The van der Waals surface area contributed by atoms with Crippen LogP contribution < -0.4 is 5.56 Å². The van der Waals surface area contributed by atoms with Gasteiger partial charge >= 0.3 is 0 Å². The van der Waals surface area contributed by atoms with E-state index in [1.807, 2.05) is 37.4 Å². The van der Waals surface area contributed by atoms with Crippen molar-refractivity contribution in [1.29, 1.82) is 0 Å². The summed E-state index contributed by atoms with van der Waals surface area (Å²) in [4.78, 5) is 12.7. The molecule has 0 aliphatic heterocycles. The van der Waals surface area contributed by atoms with E-state index >= 15 is 0 Å². The Kier molecular flexibility index (Phi) is 3.17. The van der Waals surface area contributed by atoms with Gasteiger partial charge in [-0.1, -0.05) is 35.9 Å². The second kappa shape index (κ2) is 4.88. The number of benzene rings is 2. The number of hydrogen-bond donors (Lipinski definition) is 0. The molecule has 0 saturated carbocycles. The molecule has 2 heteroatoms. The highest BCUT2D eigenvalue weighted by Gasteiger charge is 2.10. The zero-order valence-electron chi connectivity index (χ0n) is 12.9. The molecule has 0 fully saturated rings. The molecule has 0 unspecified atom stereocenters. The van der Waals surface area contributed by atoms with Crippen LogP contribution in [0.25, 0.3) is 22.0 Å². The third kappa shape index (κ3) is 2.27. The minimum atomic E-state index is 0.0522. The SMILES string of the molecule is Cc1ccc(-c2cc3c(C)cc(C)cc3n(C)c2=O)cc1. The molecule has 0 amide bonds. The molecule has 0 saturated heterocycles. The van der Waals surface area contributed by atoms with Gasteiger partial charge in [-0.3, -0.25) is 4.79 Å². The number of fused-ring (bicyclic) bond motifs is 1. The first-order chi connectivity index (χ1) is 9.97. The average molecular weight is 277 g/mol. The van der Waals surface area contributed by atoms with Gasteiger partial charge in [0.1, 0.15) is 0 Å². The van der Waals surface area contributed by atoms with Gasteiger partial charge in [-0.15, -0.1) is 0 Å². The number of rotatable bonds is 1. The van der Waals surface area contributed by atoms with Crippen molar-refractivity contribution >= 4 is 10.9 Å². The van der Waals surface area contributed by atoms with Gasteiger partial charge in [-0.05, 0) is 49.6 Å². The molecule has 106 valence electrons. The molecule has 0 atom stereocenters. The monoisotopic (exact) mass is 277 g/mol. The fourth-order valence-corrected chi connectivity index (χ4v) is 2.86. The lowest BCUT2D eigenvalue weighted by Crippen LogP contribution is -2.19. The Morgan fingerprint density at radius 1 is 0.857 bits per heavy atom. The quantitative estimate of drug-likeness (QED) is 0.655. The van der Waals surface area contributed by atoms with Crippen molar-refractivity contribution in [1.82, 2.24) is 4.57 Å². The van der Waals surface area contributed by atoms with Crippen LogP contribution in [0.5, 0.6) is 0 Å². The first kappa shape index (κ1) is 13.6. The molecule has 0 bridgehead atoms. The Labute approximate surface area is 124 Å². The number of pyridine rings is 1. The molecule has 1 heterocycles. The van der Waals surface area contributed by atoms with Gasteiger partial charge in [0.25, 0.3) is 5.56 Å². The summed E-state index contributed by atoms with van der Waals surface area (Å²) in [5, 5.41) is 1.14. The van der Waals surface area contributed by atoms with Crippen molar-refractivity contribution in [3.05, 3.63) is 69.5 Å². The normalized spacial score (nSPS) is 11.0. The Balaban J connectivity index is 2.37. The van der Waals surface area contributed by atoms with Gasteiger partial charge in [0, 0.05) is 18.0 Å². The van der Waals surface area contributed by atoms with Gasteiger partial charge in [0.2, 0.25) is 0 Å². The summed E-state index contributed by atoms with van der Waals surface area (Å²) in [5.74, 6) is 0. The second-order valence-electron chi connectivity index (χ2n) is 5.80. The molecule has 0 aliphatic carbocycles. The Bertz CT molecular complexity index is 886. The summed E-state index contributed by atoms with van der Waals surface area (Å²) < 4.78 is 1.75. The minimum absolute atomic E-state index is 0.0522. The zero-order chi connectivity index (χ0) is 15.1. The Morgan fingerprint density at radius 2 is 1.52 bits per heavy atom. The molecule has 0 N–H and O–H groups in total. The summed E-state index contributed by atoms with van der Waals surface area (Å²) in [6.07, 6.45) is 0. The van der Waals surface area contributed by atoms with Crippen LogP contribution in [-0.2, 0) is 7.05 Å². The van der Waals surface area contributed by atoms with Gasteiger partial charge < -0.3 is 4.57 Å². The van der Waals surface area contributed by atoms with Crippen LogP contribution in [0.4, 0.5) is 0 Å². The van der Waals surface area contributed by atoms with Gasteiger partial charge in [-0.2, -0.15) is 0 Å². The highest BCUT2D eigenvalue weighted by molar-refractivity contribution is 5.87. The number of aryl methyl sites for hydroxylation is 4. The summed E-state index contributed by atoms with van der Waals surface area (Å²) >= 11 is 0. The predicted molar refractivity (Wildman–Crippen MR) is 88.8 cm³/mol. The maximum Gasteiger partial charge on any atom is 0.258 e. The highest BCUT2D eigenvalue weighted by Crippen LogP contribution is 2.24. The summed E-state index contributed by atoms with van der Waals surface area (Å²) in [6, 6.07) is 14.4. The lowest BCUT2D eigenvalue weighted by atomic mass is 10.00. The third-order valence-corrected chi connectivity index (χ3v) is 4.06. The van der Waals surface area contributed by atoms with E-state index in [-0.39, 0.29) is 5.56 Å². The van der Waals surface area contributed by atoms with Crippen LogP contribution in [0, 0.1) is 20.8 Å². The molecular weight excluding hydrogens is 258 g/mol.